The number of guanidine groups is 1. The van der Waals surface area contributed by atoms with E-state index in [9.17, 15) is 0 Å². The van der Waals surface area contributed by atoms with Crippen LogP contribution in [0.25, 0.3) is 0 Å². The molecular formula is C22H33IN4O3. The molecule has 0 amide bonds. The molecule has 0 bridgehead atoms. The highest BCUT2D eigenvalue weighted by atomic mass is 127. The van der Waals surface area contributed by atoms with E-state index in [1.165, 1.54) is 5.56 Å². The van der Waals surface area contributed by atoms with E-state index in [1.54, 1.807) is 14.2 Å². The van der Waals surface area contributed by atoms with Crippen LogP contribution in [-0.2, 0) is 11.2 Å². The molecule has 8 heteroatoms. The number of morpholine rings is 1. The Balaban J connectivity index is 0.00000320. The second-order valence-corrected chi connectivity index (χ2v) is 7.05. The Morgan fingerprint density at radius 2 is 1.93 bits per heavy atom. The number of methoxy groups -OCH3 is 1. The number of aryl methyl sites for hydroxylation is 1. The fourth-order valence-electron chi connectivity index (χ4n) is 3.57. The molecule has 1 atom stereocenters. The van der Waals surface area contributed by atoms with Gasteiger partial charge in [-0.05, 0) is 37.1 Å². The molecular weight excluding hydrogens is 495 g/mol. The van der Waals surface area contributed by atoms with Crippen molar-refractivity contribution in [3.05, 3.63) is 53.5 Å². The molecule has 3 rings (SSSR count). The predicted molar refractivity (Wildman–Crippen MR) is 130 cm³/mol. The van der Waals surface area contributed by atoms with Crippen LogP contribution in [-0.4, -0.2) is 64.4 Å². The summed E-state index contributed by atoms with van der Waals surface area (Å²) in [5, 5.41) is 6.85. The minimum absolute atomic E-state index is 0. The number of furan rings is 1. The molecule has 1 aromatic carbocycles. The van der Waals surface area contributed by atoms with E-state index in [0.29, 0.717) is 6.54 Å². The number of rotatable bonds is 8. The summed E-state index contributed by atoms with van der Waals surface area (Å²) in [7, 11) is 3.49. The van der Waals surface area contributed by atoms with Crippen molar-refractivity contribution in [2.45, 2.75) is 19.4 Å². The number of nitrogens with zero attached hydrogens (tertiary/aromatic N) is 2. The number of halogens is 1. The number of hydrogen-bond acceptors (Lipinski definition) is 5. The second kappa shape index (κ2) is 12.8. The Morgan fingerprint density at radius 3 is 2.60 bits per heavy atom. The highest BCUT2D eigenvalue weighted by Gasteiger charge is 2.25. The van der Waals surface area contributed by atoms with Crippen LogP contribution < -0.4 is 15.4 Å². The van der Waals surface area contributed by atoms with Gasteiger partial charge in [0.05, 0.1) is 26.4 Å². The summed E-state index contributed by atoms with van der Waals surface area (Å²) < 4.78 is 16.9. The molecule has 0 aliphatic carbocycles. The van der Waals surface area contributed by atoms with Gasteiger partial charge in [-0.2, -0.15) is 0 Å². The molecule has 0 radical (unpaired) electrons. The highest BCUT2D eigenvalue weighted by Crippen LogP contribution is 2.23. The zero-order valence-corrected chi connectivity index (χ0v) is 20.3. The summed E-state index contributed by atoms with van der Waals surface area (Å²) in [6.07, 6.45) is 0.856. The Morgan fingerprint density at radius 1 is 1.17 bits per heavy atom. The van der Waals surface area contributed by atoms with Crippen molar-refractivity contribution in [1.29, 1.82) is 0 Å². The summed E-state index contributed by atoms with van der Waals surface area (Å²) in [6, 6.07) is 12.3. The van der Waals surface area contributed by atoms with Crippen molar-refractivity contribution < 1.29 is 13.9 Å². The zero-order chi connectivity index (χ0) is 20.5. The smallest absolute Gasteiger partial charge is 0.191 e. The Bertz CT molecular complexity index is 790. The van der Waals surface area contributed by atoms with E-state index >= 15 is 0 Å². The van der Waals surface area contributed by atoms with Crippen molar-refractivity contribution in [2.75, 3.05) is 53.6 Å². The number of nitrogens with one attached hydrogen (secondary N) is 2. The van der Waals surface area contributed by atoms with Crippen LogP contribution in [0.3, 0.4) is 0 Å². The van der Waals surface area contributed by atoms with Crippen LogP contribution in [0.5, 0.6) is 5.75 Å². The zero-order valence-electron chi connectivity index (χ0n) is 18.0. The Hall–Kier alpha value is -1.78. The van der Waals surface area contributed by atoms with Crippen LogP contribution >= 0.6 is 24.0 Å². The number of ether oxygens (including phenoxy) is 2. The molecule has 1 aromatic heterocycles. The van der Waals surface area contributed by atoms with Crippen molar-refractivity contribution in [3.8, 4) is 5.75 Å². The largest absolute Gasteiger partial charge is 0.496 e. The lowest BCUT2D eigenvalue weighted by Crippen LogP contribution is -2.46. The van der Waals surface area contributed by atoms with Gasteiger partial charge in [-0.3, -0.25) is 9.89 Å². The molecule has 1 saturated heterocycles. The quantitative estimate of drug-likeness (QED) is 0.312. The van der Waals surface area contributed by atoms with Gasteiger partial charge in [0.25, 0.3) is 0 Å². The van der Waals surface area contributed by atoms with Gasteiger partial charge in [-0.25, -0.2) is 0 Å². The topological polar surface area (TPSA) is 71.3 Å². The lowest BCUT2D eigenvalue weighted by atomic mass is 10.1. The maximum absolute atomic E-state index is 5.93. The predicted octanol–water partition coefficient (Wildman–Crippen LogP) is 3.00. The standard InChI is InChI=1S/C22H32N4O3.HI/c1-17-8-9-21(29-17)19(26-12-14-28-15-13-26)16-25-22(23-2)24-11-10-18-6-4-5-7-20(18)27-3;/h4-9,19H,10-16H2,1-3H3,(H2,23,24,25);1H. The van der Waals surface area contributed by atoms with Gasteiger partial charge in [0.2, 0.25) is 0 Å². The van der Waals surface area contributed by atoms with E-state index < -0.39 is 0 Å². The molecule has 2 N–H and O–H groups in total. The maximum atomic E-state index is 5.93. The maximum Gasteiger partial charge on any atom is 0.191 e. The van der Waals surface area contributed by atoms with E-state index in [2.05, 4.69) is 32.7 Å². The van der Waals surface area contributed by atoms with Crippen LogP contribution in [0, 0.1) is 6.92 Å². The summed E-state index contributed by atoms with van der Waals surface area (Å²) in [6.45, 7) is 6.75. The third-order valence-electron chi connectivity index (χ3n) is 5.14. The van der Waals surface area contributed by atoms with E-state index in [-0.39, 0.29) is 30.0 Å². The third-order valence-corrected chi connectivity index (χ3v) is 5.14. The molecule has 7 nitrogen and oxygen atoms in total. The van der Waals surface area contributed by atoms with Crippen LogP contribution in [0.15, 0.2) is 45.8 Å². The molecule has 2 aromatic rings. The van der Waals surface area contributed by atoms with Gasteiger partial charge in [-0.15, -0.1) is 24.0 Å². The Kier molecular flexibility index (Phi) is 10.5. The summed E-state index contributed by atoms with van der Waals surface area (Å²) in [5.74, 6) is 3.60. The normalized spacial score (nSPS) is 15.9. The minimum atomic E-state index is 0. The van der Waals surface area contributed by atoms with Crippen LogP contribution in [0.4, 0.5) is 0 Å². The molecule has 30 heavy (non-hydrogen) atoms. The minimum Gasteiger partial charge on any atom is -0.496 e. The molecule has 2 heterocycles. The number of para-hydroxylation sites is 1. The first kappa shape index (κ1) is 24.5. The lowest BCUT2D eigenvalue weighted by Gasteiger charge is -2.33. The van der Waals surface area contributed by atoms with Crippen molar-refractivity contribution in [3.63, 3.8) is 0 Å². The lowest BCUT2D eigenvalue weighted by molar-refractivity contribution is 0.0124. The fraction of sp³-hybridized carbons (Fsp3) is 0.500. The van der Waals surface area contributed by atoms with Crippen molar-refractivity contribution >= 4 is 29.9 Å². The van der Waals surface area contributed by atoms with Gasteiger partial charge in [0.15, 0.2) is 5.96 Å². The molecule has 1 unspecified atom stereocenters. The molecule has 0 spiro atoms. The molecule has 166 valence electrons. The average molecular weight is 528 g/mol. The third kappa shape index (κ3) is 6.88. The monoisotopic (exact) mass is 528 g/mol. The molecule has 0 saturated carbocycles. The first-order chi connectivity index (χ1) is 14.2. The first-order valence-electron chi connectivity index (χ1n) is 10.2. The first-order valence-corrected chi connectivity index (χ1v) is 10.2. The fourth-order valence-corrected chi connectivity index (χ4v) is 3.57. The molecule has 1 fully saturated rings. The van der Waals surface area contributed by atoms with E-state index in [4.69, 9.17) is 13.9 Å². The Labute approximate surface area is 196 Å². The summed E-state index contributed by atoms with van der Waals surface area (Å²) in [5.41, 5.74) is 1.18. The van der Waals surface area contributed by atoms with Gasteiger partial charge < -0.3 is 24.5 Å². The number of hydrogen-bond donors (Lipinski definition) is 2. The summed E-state index contributed by atoms with van der Waals surface area (Å²) in [4.78, 5) is 6.77. The summed E-state index contributed by atoms with van der Waals surface area (Å²) >= 11 is 0. The van der Waals surface area contributed by atoms with Crippen molar-refractivity contribution in [2.24, 2.45) is 4.99 Å². The van der Waals surface area contributed by atoms with Gasteiger partial charge in [0, 0.05) is 33.2 Å². The van der Waals surface area contributed by atoms with E-state index in [0.717, 1.165) is 62.5 Å². The van der Waals surface area contributed by atoms with E-state index in [1.807, 2.05) is 31.2 Å². The number of benzene rings is 1. The number of aliphatic imine (C=N–C) groups is 1. The average Bonchev–Trinajstić information content (AvgIpc) is 3.19. The van der Waals surface area contributed by atoms with Gasteiger partial charge in [-0.1, -0.05) is 18.2 Å². The molecule has 1 aliphatic heterocycles. The van der Waals surface area contributed by atoms with Crippen molar-refractivity contribution in [1.82, 2.24) is 15.5 Å². The molecule has 1 aliphatic rings. The highest BCUT2D eigenvalue weighted by molar-refractivity contribution is 14.0. The van der Waals surface area contributed by atoms with Crippen LogP contribution in [0.1, 0.15) is 23.1 Å². The second-order valence-electron chi connectivity index (χ2n) is 7.05. The van der Waals surface area contributed by atoms with Gasteiger partial charge in [0.1, 0.15) is 17.3 Å². The SMILES string of the molecule is CN=C(NCCc1ccccc1OC)NCC(c1ccc(C)o1)N1CCOCC1.I. The van der Waals surface area contributed by atoms with Crippen LogP contribution in [0.2, 0.25) is 0 Å². The van der Waals surface area contributed by atoms with Gasteiger partial charge >= 0.3 is 0 Å².